The average Bonchev–Trinajstić information content (AvgIpc) is 3.29. The fourth-order valence-electron chi connectivity index (χ4n) is 3.57. The van der Waals surface area contributed by atoms with Crippen LogP contribution in [0.4, 0.5) is 0 Å². The molecule has 0 spiro atoms. The number of fused-ring (bicyclic) bond motifs is 1. The molecule has 0 radical (unpaired) electrons. The normalized spacial score (nSPS) is 17.1. The van der Waals surface area contributed by atoms with E-state index < -0.39 is 0 Å². The van der Waals surface area contributed by atoms with E-state index in [1.807, 2.05) is 12.1 Å². The van der Waals surface area contributed by atoms with Crippen molar-refractivity contribution in [3.8, 4) is 5.75 Å². The Balaban J connectivity index is 1.46. The molecule has 0 amide bonds. The van der Waals surface area contributed by atoms with Gasteiger partial charge in [0.05, 0.1) is 17.6 Å². The van der Waals surface area contributed by atoms with E-state index in [4.69, 9.17) is 14.5 Å². The van der Waals surface area contributed by atoms with Crippen LogP contribution in [0.2, 0.25) is 0 Å². The number of aromatic nitrogens is 2. The minimum atomic E-state index is 0.128. The molecule has 1 atom stereocenters. The van der Waals surface area contributed by atoms with Crippen LogP contribution >= 0.6 is 0 Å². The first-order chi connectivity index (χ1) is 12.7. The molecule has 1 unspecified atom stereocenters. The molecule has 0 N–H and O–H groups in total. The van der Waals surface area contributed by atoms with E-state index in [-0.39, 0.29) is 6.10 Å². The summed E-state index contributed by atoms with van der Waals surface area (Å²) in [7, 11) is 0. The Hall–Kier alpha value is -2.33. The van der Waals surface area contributed by atoms with Crippen LogP contribution in [0.5, 0.6) is 5.75 Å². The van der Waals surface area contributed by atoms with Crippen molar-refractivity contribution in [2.45, 2.75) is 45.8 Å². The Kier molecular flexibility index (Phi) is 4.93. The van der Waals surface area contributed by atoms with E-state index in [1.54, 1.807) is 0 Å². The summed E-state index contributed by atoms with van der Waals surface area (Å²) in [6, 6.07) is 14.6. The molecule has 1 fully saturated rings. The summed E-state index contributed by atoms with van der Waals surface area (Å²) in [6.45, 7) is 6.66. The van der Waals surface area contributed by atoms with Crippen LogP contribution in [-0.4, -0.2) is 22.8 Å². The quantitative estimate of drug-likeness (QED) is 0.589. The molecule has 4 heteroatoms. The highest BCUT2D eigenvalue weighted by molar-refractivity contribution is 5.76. The number of imidazole rings is 1. The van der Waals surface area contributed by atoms with Crippen LogP contribution in [0, 0.1) is 13.8 Å². The van der Waals surface area contributed by atoms with Crippen molar-refractivity contribution in [2.75, 3.05) is 13.2 Å². The number of para-hydroxylation sites is 2. The van der Waals surface area contributed by atoms with E-state index in [0.29, 0.717) is 6.61 Å². The van der Waals surface area contributed by atoms with Gasteiger partial charge in [-0.3, -0.25) is 0 Å². The Labute approximate surface area is 154 Å². The minimum absolute atomic E-state index is 0.128. The zero-order valence-corrected chi connectivity index (χ0v) is 15.6. The Morgan fingerprint density at radius 1 is 1.15 bits per heavy atom. The predicted molar refractivity (Wildman–Crippen MR) is 104 cm³/mol. The van der Waals surface area contributed by atoms with Gasteiger partial charge in [-0.15, -0.1) is 0 Å². The van der Waals surface area contributed by atoms with E-state index in [2.05, 4.69) is 48.7 Å². The molecule has 4 nitrogen and oxygen atoms in total. The molecule has 1 aromatic heterocycles. The molecule has 136 valence electrons. The number of benzene rings is 2. The van der Waals surface area contributed by atoms with Crippen molar-refractivity contribution in [1.82, 2.24) is 9.55 Å². The summed E-state index contributed by atoms with van der Waals surface area (Å²) in [5.74, 6) is 2.01. The zero-order valence-electron chi connectivity index (χ0n) is 15.6. The zero-order chi connectivity index (χ0) is 17.9. The van der Waals surface area contributed by atoms with Gasteiger partial charge in [0.25, 0.3) is 0 Å². The largest absolute Gasteiger partial charge is 0.494 e. The number of hydrogen-bond acceptors (Lipinski definition) is 3. The maximum Gasteiger partial charge on any atom is 0.139 e. The summed E-state index contributed by atoms with van der Waals surface area (Å²) in [4.78, 5) is 4.85. The van der Waals surface area contributed by atoms with Crippen LogP contribution in [0.25, 0.3) is 11.0 Å². The molecule has 2 heterocycles. The number of hydrogen-bond donors (Lipinski definition) is 0. The second-order valence-corrected chi connectivity index (χ2v) is 7.06. The summed E-state index contributed by atoms with van der Waals surface area (Å²) in [6.07, 6.45) is 3.24. The average molecular weight is 350 g/mol. The fraction of sp³-hybridized carbons (Fsp3) is 0.409. The highest BCUT2D eigenvalue weighted by Gasteiger charge is 2.24. The second-order valence-electron chi connectivity index (χ2n) is 7.06. The molecule has 4 rings (SSSR count). The van der Waals surface area contributed by atoms with Gasteiger partial charge in [0.15, 0.2) is 0 Å². The van der Waals surface area contributed by atoms with Crippen molar-refractivity contribution < 1.29 is 9.47 Å². The van der Waals surface area contributed by atoms with Crippen molar-refractivity contribution in [3.63, 3.8) is 0 Å². The lowest BCUT2D eigenvalue weighted by Gasteiger charge is -2.14. The first-order valence-electron chi connectivity index (χ1n) is 9.49. The second kappa shape index (κ2) is 7.50. The van der Waals surface area contributed by atoms with Crippen LogP contribution in [0.1, 0.15) is 42.3 Å². The Morgan fingerprint density at radius 2 is 2.04 bits per heavy atom. The summed E-state index contributed by atoms with van der Waals surface area (Å²) < 4.78 is 14.2. The molecule has 2 aromatic carbocycles. The number of rotatable bonds is 6. The van der Waals surface area contributed by atoms with E-state index in [1.165, 1.54) is 16.6 Å². The van der Waals surface area contributed by atoms with E-state index in [9.17, 15) is 0 Å². The Morgan fingerprint density at radius 3 is 2.85 bits per heavy atom. The molecule has 1 saturated heterocycles. The molecule has 0 bridgehead atoms. The van der Waals surface area contributed by atoms with Gasteiger partial charge < -0.3 is 14.0 Å². The smallest absolute Gasteiger partial charge is 0.139 e. The van der Waals surface area contributed by atoms with Crippen LogP contribution in [0.15, 0.2) is 42.5 Å². The number of aryl methyl sites for hydroxylation is 3. The van der Waals surface area contributed by atoms with Gasteiger partial charge >= 0.3 is 0 Å². The van der Waals surface area contributed by atoms with Gasteiger partial charge in [-0.25, -0.2) is 4.98 Å². The standard InChI is InChI=1S/C22H26N2O2/c1-16-10-11-18(15-17(16)2)25-14-6-12-24-20-8-4-3-7-19(20)23-22(24)21-9-5-13-26-21/h3-4,7-8,10-11,15,21H,5-6,9,12-14H2,1-2H3. The summed E-state index contributed by atoms with van der Waals surface area (Å²) in [5, 5.41) is 0. The van der Waals surface area contributed by atoms with Crippen molar-refractivity contribution in [2.24, 2.45) is 0 Å². The summed E-state index contributed by atoms with van der Waals surface area (Å²) in [5.41, 5.74) is 4.80. The third-order valence-corrected chi connectivity index (χ3v) is 5.17. The number of ether oxygens (including phenoxy) is 2. The molecule has 0 aliphatic carbocycles. The van der Waals surface area contributed by atoms with Gasteiger partial charge in [0.2, 0.25) is 0 Å². The van der Waals surface area contributed by atoms with Crippen LogP contribution in [-0.2, 0) is 11.3 Å². The maximum absolute atomic E-state index is 5.95. The SMILES string of the molecule is Cc1ccc(OCCCn2c(C3CCCO3)nc3ccccc32)cc1C. The molecule has 0 saturated carbocycles. The van der Waals surface area contributed by atoms with Crippen molar-refractivity contribution in [1.29, 1.82) is 0 Å². The first-order valence-corrected chi connectivity index (χ1v) is 9.49. The highest BCUT2D eigenvalue weighted by atomic mass is 16.5. The molecular weight excluding hydrogens is 324 g/mol. The maximum atomic E-state index is 5.95. The van der Waals surface area contributed by atoms with Crippen molar-refractivity contribution in [3.05, 3.63) is 59.4 Å². The molecular formula is C22H26N2O2. The van der Waals surface area contributed by atoms with Gasteiger partial charge in [-0.2, -0.15) is 0 Å². The summed E-state index contributed by atoms with van der Waals surface area (Å²) >= 11 is 0. The molecule has 1 aliphatic heterocycles. The lowest BCUT2D eigenvalue weighted by molar-refractivity contribution is 0.102. The van der Waals surface area contributed by atoms with Crippen LogP contribution in [0.3, 0.4) is 0 Å². The topological polar surface area (TPSA) is 36.3 Å². The van der Waals surface area contributed by atoms with E-state index in [0.717, 1.165) is 49.5 Å². The van der Waals surface area contributed by atoms with Gasteiger partial charge in [-0.1, -0.05) is 18.2 Å². The van der Waals surface area contributed by atoms with Gasteiger partial charge in [0, 0.05) is 13.2 Å². The van der Waals surface area contributed by atoms with Crippen molar-refractivity contribution >= 4 is 11.0 Å². The molecule has 1 aliphatic rings. The van der Waals surface area contributed by atoms with Gasteiger partial charge in [0.1, 0.15) is 17.7 Å². The predicted octanol–water partition coefficient (Wildman–Crippen LogP) is 4.97. The van der Waals surface area contributed by atoms with E-state index >= 15 is 0 Å². The first kappa shape index (κ1) is 17.1. The lowest BCUT2D eigenvalue weighted by Crippen LogP contribution is -2.11. The fourth-order valence-corrected chi connectivity index (χ4v) is 3.57. The molecule has 3 aromatic rings. The lowest BCUT2D eigenvalue weighted by atomic mass is 10.1. The minimum Gasteiger partial charge on any atom is -0.494 e. The molecule has 26 heavy (non-hydrogen) atoms. The third kappa shape index (κ3) is 3.47. The number of nitrogens with zero attached hydrogens (tertiary/aromatic N) is 2. The third-order valence-electron chi connectivity index (χ3n) is 5.17. The Bertz CT molecular complexity index is 894. The van der Waals surface area contributed by atoms with Crippen LogP contribution < -0.4 is 4.74 Å². The van der Waals surface area contributed by atoms with Gasteiger partial charge in [-0.05, 0) is 68.5 Å². The monoisotopic (exact) mass is 350 g/mol. The highest BCUT2D eigenvalue weighted by Crippen LogP contribution is 2.30.